The second-order valence-electron chi connectivity index (χ2n) is 9.88. The van der Waals surface area contributed by atoms with Gasteiger partial charge in [0.05, 0.1) is 6.54 Å². The topological polar surface area (TPSA) is 108 Å². The normalized spacial score (nSPS) is 17.1. The third-order valence-corrected chi connectivity index (χ3v) is 7.14. The molecular formula is C24H29FN4O5S. The number of anilines is 1. The lowest BCUT2D eigenvalue weighted by molar-refractivity contribution is -0.117. The lowest BCUT2D eigenvalue weighted by Crippen LogP contribution is -2.45. The summed E-state index contributed by atoms with van der Waals surface area (Å²) in [5, 5.41) is 2.86. The fourth-order valence-corrected chi connectivity index (χ4v) is 5.13. The summed E-state index contributed by atoms with van der Waals surface area (Å²) in [7, 11) is -4.28. The van der Waals surface area contributed by atoms with Gasteiger partial charge in [0.1, 0.15) is 24.6 Å². The maximum Gasteiger partial charge on any atom is 0.326 e. The molecule has 2 heterocycles. The Balaban J connectivity index is 1.68. The number of urea groups is 1. The first-order valence-electron chi connectivity index (χ1n) is 11.3. The monoisotopic (exact) mass is 504 g/mol. The molecule has 2 aliphatic rings. The quantitative estimate of drug-likeness (QED) is 0.651. The van der Waals surface area contributed by atoms with Crippen molar-refractivity contribution in [3.63, 3.8) is 0 Å². The van der Waals surface area contributed by atoms with Gasteiger partial charge >= 0.3 is 16.2 Å². The zero-order valence-corrected chi connectivity index (χ0v) is 20.7. The summed E-state index contributed by atoms with van der Waals surface area (Å²) in [5.41, 5.74) is 1.20. The van der Waals surface area contributed by atoms with E-state index >= 15 is 4.39 Å². The summed E-state index contributed by atoms with van der Waals surface area (Å²) in [6.07, 6.45) is 0.376. The fraction of sp³-hybridized carbons (Fsp3) is 0.417. The minimum Gasteiger partial charge on any atom is -0.487 e. The van der Waals surface area contributed by atoms with E-state index in [1.165, 1.54) is 4.90 Å². The molecule has 2 aromatic carbocycles. The largest absolute Gasteiger partial charge is 0.487 e. The zero-order valence-electron chi connectivity index (χ0n) is 19.9. The number of hydrogen-bond acceptors (Lipinski definition) is 5. The Labute approximate surface area is 204 Å². The van der Waals surface area contributed by atoms with Gasteiger partial charge in [-0.1, -0.05) is 51.1 Å². The molecule has 4 rings (SSSR count). The summed E-state index contributed by atoms with van der Waals surface area (Å²) in [4.78, 5) is 26.1. The van der Waals surface area contributed by atoms with Gasteiger partial charge in [-0.05, 0) is 29.0 Å². The Kier molecular flexibility index (Phi) is 6.63. The van der Waals surface area contributed by atoms with Crippen LogP contribution < -0.4 is 19.1 Å². The Bertz CT molecular complexity index is 1240. The van der Waals surface area contributed by atoms with Gasteiger partial charge in [-0.25, -0.2) is 18.2 Å². The maximum atomic E-state index is 16.0. The van der Waals surface area contributed by atoms with Crippen LogP contribution in [0.3, 0.4) is 0 Å². The number of rotatable bonds is 5. The molecule has 0 aromatic heterocycles. The summed E-state index contributed by atoms with van der Waals surface area (Å²) < 4.78 is 49.6. The Hall–Kier alpha value is -3.34. The summed E-state index contributed by atoms with van der Waals surface area (Å²) >= 11 is 0. The number of fused-ring (bicyclic) bond motifs is 1. The number of hydrogen-bond donors (Lipinski definition) is 2. The van der Waals surface area contributed by atoms with Crippen LogP contribution in [0.2, 0.25) is 0 Å². The predicted octanol–water partition coefficient (Wildman–Crippen LogP) is 2.70. The van der Waals surface area contributed by atoms with Crippen molar-refractivity contribution in [3.8, 4) is 5.75 Å². The highest BCUT2D eigenvalue weighted by atomic mass is 32.2. The molecule has 2 aromatic rings. The highest BCUT2D eigenvalue weighted by Gasteiger charge is 2.39. The van der Waals surface area contributed by atoms with E-state index in [1.54, 1.807) is 6.07 Å². The number of amides is 3. The van der Waals surface area contributed by atoms with Crippen molar-refractivity contribution in [1.82, 2.24) is 14.9 Å². The minimum absolute atomic E-state index is 0.0239. The van der Waals surface area contributed by atoms with Gasteiger partial charge in [0.2, 0.25) is 0 Å². The van der Waals surface area contributed by atoms with Crippen molar-refractivity contribution < 1.29 is 27.1 Å². The third-order valence-electron chi connectivity index (χ3n) is 5.76. The first-order valence-corrected chi connectivity index (χ1v) is 12.8. The van der Waals surface area contributed by atoms with E-state index in [9.17, 15) is 18.0 Å². The second-order valence-corrected chi connectivity index (χ2v) is 11.5. The molecule has 188 valence electrons. The van der Waals surface area contributed by atoms with Crippen LogP contribution in [-0.4, -0.2) is 44.9 Å². The average molecular weight is 505 g/mol. The molecule has 9 nitrogen and oxygen atoms in total. The molecule has 2 aliphatic heterocycles. The number of nitrogens with zero attached hydrogens (tertiary/aromatic N) is 2. The summed E-state index contributed by atoms with van der Waals surface area (Å²) in [6, 6.07) is 10.5. The van der Waals surface area contributed by atoms with E-state index in [1.807, 2.05) is 55.8 Å². The average Bonchev–Trinajstić information content (AvgIpc) is 3.07. The van der Waals surface area contributed by atoms with Gasteiger partial charge in [-0.2, -0.15) is 8.42 Å². The van der Waals surface area contributed by atoms with Gasteiger partial charge in [0.25, 0.3) is 5.91 Å². The van der Waals surface area contributed by atoms with Gasteiger partial charge in [-0.3, -0.25) is 4.79 Å². The zero-order chi connectivity index (χ0) is 25.4. The number of carbonyl (C=O) groups is 2. The van der Waals surface area contributed by atoms with Crippen molar-refractivity contribution in [2.45, 2.75) is 40.3 Å². The van der Waals surface area contributed by atoms with Gasteiger partial charge in [0, 0.05) is 18.7 Å². The Morgan fingerprint density at radius 3 is 2.54 bits per heavy atom. The number of ether oxygens (including phenoxy) is 1. The van der Waals surface area contributed by atoms with Crippen molar-refractivity contribution in [2.75, 3.05) is 23.9 Å². The van der Waals surface area contributed by atoms with Crippen molar-refractivity contribution >= 4 is 27.8 Å². The molecule has 1 fully saturated rings. The van der Waals surface area contributed by atoms with Gasteiger partial charge in [-0.15, -0.1) is 0 Å². The van der Waals surface area contributed by atoms with Crippen LogP contribution in [0.25, 0.3) is 0 Å². The van der Waals surface area contributed by atoms with E-state index in [2.05, 4.69) is 5.32 Å². The van der Waals surface area contributed by atoms with Crippen LogP contribution in [0.15, 0.2) is 36.4 Å². The van der Waals surface area contributed by atoms with E-state index in [4.69, 9.17) is 4.74 Å². The standard InChI is InChI=1S/C24H29FN4O5S/c1-24(2,3)15-26-23(31)28-10-9-17-11-19(34-14-16-7-5-4-6-8-16)22(21(25)18(17)12-28)29-13-20(30)27-35(29,32)33/h4-8,11H,9-10,12-15H2,1-3H3,(H,26,31)(H,27,30). The third kappa shape index (κ3) is 5.50. The molecule has 0 unspecified atom stereocenters. The number of nitrogens with one attached hydrogen (secondary N) is 2. The highest BCUT2D eigenvalue weighted by Crippen LogP contribution is 2.40. The lowest BCUT2D eigenvalue weighted by atomic mass is 9.96. The van der Waals surface area contributed by atoms with Crippen LogP contribution in [0.1, 0.15) is 37.5 Å². The molecule has 0 atom stereocenters. The molecule has 3 amide bonds. The van der Waals surface area contributed by atoms with Crippen molar-refractivity contribution in [3.05, 3.63) is 58.9 Å². The number of halogens is 1. The van der Waals surface area contributed by atoms with Crippen LogP contribution in [-0.2, 0) is 34.6 Å². The smallest absolute Gasteiger partial charge is 0.326 e. The van der Waals surface area contributed by atoms with Crippen LogP contribution in [0.5, 0.6) is 5.75 Å². The molecule has 0 spiro atoms. The number of benzene rings is 2. The predicted molar refractivity (Wildman–Crippen MR) is 129 cm³/mol. The van der Waals surface area contributed by atoms with E-state index in [0.29, 0.717) is 29.4 Å². The molecule has 1 saturated heterocycles. The molecule has 0 saturated carbocycles. The van der Waals surface area contributed by atoms with Gasteiger partial charge < -0.3 is 15.0 Å². The van der Waals surface area contributed by atoms with Crippen molar-refractivity contribution in [1.29, 1.82) is 0 Å². The summed E-state index contributed by atoms with van der Waals surface area (Å²) in [6.45, 7) is 6.31. The molecular weight excluding hydrogens is 475 g/mol. The Morgan fingerprint density at radius 1 is 1.20 bits per heavy atom. The van der Waals surface area contributed by atoms with Gasteiger partial charge in [0.15, 0.2) is 5.82 Å². The molecule has 2 N–H and O–H groups in total. The molecule has 11 heteroatoms. The van der Waals surface area contributed by atoms with Crippen molar-refractivity contribution in [2.24, 2.45) is 5.41 Å². The molecule has 35 heavy (non-hydrogen) atoms. The Morgan fingerprint density at radius 2 is 1.91 bits per heavy atom. The lowest BCUT2D eigenvalue weighted by Gasteiger charge is -2.32. The van der Waals surface area contributed by atoms with E-state index < -0.39 is 28.5 Å². The first kappa shape index (κ1) is 24.8. The van der Waals surface area contributed by atoms with Crippen LogP contribution in [0, 0.1) is 11.2 Å². The molecule has 0 aliphatic carbocycles. The molecule has 0 bridgehead atoms. The van der Waals surface area contributed by atoms with Crippen LogP contribution >= 0.6 is 0 Å². The van der Waals surface area contributed by atoms with E-state index in [-0.39, 0.29) is 41.6 Å². The summed E-state index contributed by atoms with van der Waals surface area (Å²) in [5.74, 6) is -1.56. The minimum atomic E-state index is -4.28. The first-order chi connectivity index (χ1) is 16.4. The SMILES string of the molecule is CC(C)(C)CNC(=O)N1CCc2cc(OCc3ccccc3)c(N3CC(=O)NS3(=O)=O)c(F)c2C1. The number of carbonyl (C=O) groups excluding carboxylic acids is 2. The maximum absolute atomic E-state index is 16.0. The highest BCUT2D eigenvalue weighted by molar-refractivity contribution is 7.92. The molecule has 0 radical (unpaired) electrons. The fourth-order valence-electron chi connectivity index (χ4n) is 3.97. The second kappa shape index (κ2) is 9.37. The van der Waals surface area contributed by atoms with E-state index in [0.717, 1.165) is 5.56 Å². The van der Waals surface area contributed by atoms with Crippen LogP contribution in [0.4, 0.5) is 14.9 Å².